The van der Waals surface area contributed by atoms with E-state index in [2.05, 4.69) is 9.44 Å². The number of carbonyl (C=O) groups excluding carboxylic acids is 1. The van der Waals surface area contributed by atoms with Crippen molar-refractivity contribution >= 4 is 31.8 Å². The summed E-state index contributed by atoms with van der Waals surface area (Å²) in [5, 5.41) is 9.35. The topological polar surface area (TPSA) is 142 Å². The summed E-state index contributed by atoms with van der Waals surface area (Å²) in [6.07, 6.45) is 0.856. The van der Waals surface area contributed by atoms with E-state index in [4.69, 9.17) is 4.74 Å². The fraction of sp³-hybridized carbons (Fsp3) is 0.435. The molecule has 0 saturated carbocycles. The molecular weight excluding hydrogens is 494 g/mol. The maximum absolute atomic E-state index is 12.8. The highest BCUT2D eigenvalue weighted by molar-refractivity contribution is 7.93. The molecule has 0 bridgehead atoms. The first-order valence-corrected chi connectivity index (χ1v) is 14.1. The molecule has 35 heavy (non-hydrogen) atoms. The maximum atomic E-state index is 12.8. The van der Waals surface area contributed by atoms with Crippen LogP contribution in [-0.2, 0) is 24.8 Å². The minimum atomic E-state index is -4.05. The average molecular weight is 526 g/mol. The molecule has 0 aromatic heterocycles. The van der Waals surface area contributed by atoms with Gasteiger partial charge in [0.05, 0.1) is 9.79 Å². The smallest absolute Gasteiger partial charge is 0.410 e. The van der Waals surface area contributed by atoms with Gasteiger partial charge in [0.15, 0.2) is 0 Å². The molecule has 10 nitrogen and oxygen atoms in total. The summed E-state index contributed by atoms with van der Waals surface area (Å²) in [5.41, 5.74) is -0.350. The predicted molar refractivity (Wildman–Crippen MR) is 131 cm³/mol. The van der Waals surface area contributed by atoms with E-state index in [9.17, 15) is 26.7 Å². The number of sulfonamides is 2. The zero-order valence-electron chi connectivity index (χ0n) is 19.9. The summed E-state index contributed by atoms with van der Waals surface area (Å²) in [7, 11) is -8.00. The van der Waals surface area contributed by atoms with Crippen molar-refractivity contribution in [2.24, 2.45) is 5.92 Å². The van der Waals surface area contributed by atoms with E-state index < -0.39 is 25.6 Å². The molecule has 3 rings (SSSR count). The number of phenols is 1. The monoisotopic (exact) mass is 525 g/mol. The molecule has 2 aromatic rings. The van der Waals surface area contributed by atoms with Crippen molar-refractivity contribution in [2.75, 3.05) is 24.4 Å². The number of rotatable bonds is 7. The van der Waals surface area contributed by atoms with Crippen LogP contribution in [0.3, 0.4) is 0 Å². The van der Waals surface area contributed by atoms with Gasteiger partial charge in [-0.15, -0.1) is 0 Å². The van der Waals surface area contributed by atoms with Gasteiger partial charge in [-0.25, -0.2) is 26.4 Å². The zero-order chi connectivity index (χ0) is 25.9. The quantitative estimate of drug-likeness (QED) is 0.472. The molecular formula is C23H31N3O7S2. The van der Waals surface area contributed by atoms with Gasteiger partial charge in [0.1, 0.15) is 11.4 Å². The van der Waals surface area contributed by atoms with Crippen molar-refractivity contribution in [3.05, 3.63) is 48.5 Å². The molecule has 1 fully saturated rings. The second-order valence-electron chi connectivity index (χ2n) is 9.39. The van der Waals surface area contributed by atoms with Crippen LogP contribution < -0.4 is 9.44 Å². The van der Waals surface area contributed by atoms with Crippen LogP contribution in [0, 0.1) is 5.92 Å². The van der Waals surface area contributed by atoms with Crippen molar-refractivity contribution < 1.29 is 31.5 Å². The Morgan fingerprint density at radius 2 is 1.57 bits per heavy atom. The van der Waals surface area contributed by atoms with Crippen LogP contribution in [-0.4, -0.2) is 58.2 Å². The number of anilines is 1. The molecule has 0 unspecified atom stereocenters. The van der Waals surface area contributed by atoms with E-state index in [1.165, 1.54) is 42.5 Å². The van der Waals surface area contributed by atoms with Gasteiger partial charge in [-0.2, -0.15) is 0 Å². The highest BCUT2D eigenvalue weighted by Crippen LogP contribution is 2.22. The number of phenolic OH excluding ortho intramolecular Hbond substituents is 1. The Balaban J connectivity index is 1.60. The molecule has 1 saturated heterocycles. The van der Waals surface area contributed by atoms with Crippen LogP contribution in [0.1, 0.15) is 33.6 Å². The van der Waals surface area contributed by atoms with Gasteiger partial charge in [0.25, 0.3) is 10.0 Å². The number of nitrogens with zero attached hydrogens (tertiary/aromatic N) is 1. The van der Waals surface area contributed by atoms with Gasteiger partial charge in [-0.3, -0.25) is 4.72 Å². The number of aromatic hydroxyl groups is 1. The number of carbonyl (C=O) groups is 1. The van der Waals surface area contributed by atoms with Gasteiger partial charge >= 0.3 is 6.09 Å². The van der Waals surface area contributed by atoms with E-state index in [0.29, 0.717) is 25.9 Å². The minimum Gasteiger partial charge on any atom is -0.508 e. The van der Waals surface area contributed by atoms with Crippen molar-refractivity contribution in [2.45, 2.75) is 49.0 Å². The Morgan fingerprint density at radius 3 is 2.14 bits per heavy atom. The molecule has 0 radical (unpaired) electrons. The van der Waals surface area contributed by atoms with E-state index >= 15 is 0 Å². The molecule has 192 valence electrons. The lowest BCUT2D eigenvalue weighted by Crippen LogP contribution is -2.43. The van der Waals surface area contributed by atoms with Gasteiger partial charge in [-0.1, -0.05) is 6.07 Å². The molecule has 1 aliphatic heterocycles. The third-order valence-electron chi connectivity index (χ3n) is 5.37. The lowest BCUT2D eigenvalue weighted by Gasteiger charge is -2.33. The molecule has 1 aliphatic rings. The van der Waals surface area contributed by atoms with Crippen LogP contribution in [0.15, 0.2) is 58.3 Å². The molecule has 0 aliphatic carbocycles. The van der Waals surface area contributed by atoms with E-state index in [0.717, 1.165) is 6.07 Å². The van der Waals surface area contributed by atoms with E-state index in [-0.39, 0.29) is 39.8 Å². The van der Waals surface area contributed by atoms with Gasteiger partial charge < -0.3 is 14.7 Å². The van der Waals surface area contributed by atoms with E-state index in [1.807, 2.05) is 0 Å². The molecule has 2 aromatic carbocycles. The summed E-state index contributed by atoms with van der Waals surface area (Å²) in [6.45, 7) is 6.52. The number of piperidine rings is 1. The van der Waals surface area contributed by atoms with E-state index in [1.54, 1.807) is 25.7 Å². The Morgan fingerprint density at radius 1 is 1.00 bits per heavy atom. The van der Waals surface area contributed by atoms with Crippen molar-refractivity contribution in [3.63, 3.8) is 0 Å². The average Bonchev–Trinajstić information content (AvgIpc) is 2.78. The summed E-state index contributed by atoms with van der Waals surface area (Å²) < 4.78 is 61.4. The molecule has 0 spiro atoms. The fourth-order valence-corrected chi connectivity index (χ4v) is 5.85. The lowest BCUT2D eigenvalue weighted by atomic mass is 9.97. The largest absolute Gasteiger partial charge is 0.508 e. The SMILES string of the molecule is CC(C)(C)OC(=O)N1CCC(CNS(=O)(=O)c2cccc(S(=O)(=O)Nc3ccc(O)cc3)c2)CC1. The van der Waals surface area contributed by atoms with Crippen LogP contribution in [0.5, 0.6) is 5.75 Å². The highest BCUT2D eigenvalue weighted by Gasteiger charge is 2.28. The second kappa shape index (κ2) is 10.4. The fourth-order valence-electron chi connectivity index (χ4n) is 3.51. The van der Waals surface area contributed by atoms with Crippen LogP contribution in [0.4, 0.5) is 10.5 Å². The third-order valence-corrected chi connectivity index (χ3v) is 8.17. The lowest BCUT2D eigenvalue weighted by molar-refractivity contribution is 0.0185. The Kier molecular flexibility index (Phi) is 7.97. The number of ether oxygens (including phenoxy) is 1. The summed E-state index contributed by atoms with van der Waals surface area (Å²) in [5.74, 6) is 0.0224. The number of nitrogens with one attached hydrogen (secondary N) is 2. The zero-order valence-corrected chi connectivity index (χ0v) is 21.5. The molecule has 1 amide bonds. The Labute approximate surface area is 206 Å². The van der Waals surface area contributed by atoms with Gasteiger partial charge in [0, 0.05) is 25.3 Å². The number of benzene rings is 2. The molecule has 3 N–H and O–H groups in total. The number of likely N-dealkylation sites (tertiary alicyclic amines) is 1. The number of hydrogen-bond donors (Lipinski definition) is 3. The third kappa shape index (κ3) is 7.58. The summed E-state index contributed by atoms with van der Waals surface area (Å²) in [4.78, 5) is 13.4. The molecule has 1 heterocycles. The first-order chi connectivity index (χ1) is 16.2. The minimum absolute atomic E-state index is 0.0115. The van der Waals surface area contributed by atoms with Crippen LogP contribution in [0.25, 0.3) is 0 Å². The van der Waals surface area contributed by atoms with Crippen LogP contribution in [0.2, 0.25) is 0 Å². The van der Waals surface area contributed by atoms with Crippen molar-refractivity contribution in [3.8, 4) is 5.75 Å². The Hall–Kier alpha value is -2.83. The predicted octanol–water partition coefficient (Wildman–Crippen LogP) is 3.12. The van der Waals surface area contributed by atoms with Crippen molar-refractivity contribution in [1.29, 1.82) is 0 Å². The molecule has 0 atom stereocenters. The summed E-state index contributed by atoms with van der Waals surface area (Å²) >= 11 is 0. The standard InChI is InChI=1S/C23H31N3O7S2/c1-23(2,3)33-22(28)26-13-11-17(12-14-26)16-24-34(29,30)20-5-4-6-21(15-20)35(31,32)25-18-7-9-19(27)10-8-18/h4-10,15,17,24-25,27H,11-14,16H2,1-3H3. The summed E-state index contributed by atoms with van der Waals surface area (Å²) in [6, 6.07) is 10.5. The number of hydrogen-bond acceptors (Lipinski definition) is 7. The number of amides is 1. The highest BCUT2D eigenvalue weighted by atomic mass is 32.2. The normalized spacial score (nSPS) is 15.6. The molecule has 12 heteroatoms. The maximum Gasteiger partial charge on any atom is 0.410 e. The van der Waals surface area contributed by atoms with Gasteiger partial charge in [0.2, 0.25) is 10.0 Å². The van der Waals surface area contributed by atoms with Gasteiger partial charge in [-0.05, 0) is 82.0 Å². The van der Waals surface area contributed by atoms with Crippen molar-refractivity contribution in [1.82, 2.24) is 9.62 Å². The first-order valence-electron chi connectivity index (χ1n) is 11.1. The Bertz CT molecular complexity index is 1250. The first kappa shape index (κ1) is 26.8. The van der Waals surface area contributed by atoms with Crippen LogP contribution >= 0.6 is 0 Å². The second-order valence-corrected chi connectivity index (χ2v) is 12.8.